The Labute approximate surface area is 124 Å². The minimum atomic E-state index is -0.0220. The molecule has 0 bridgehead atoms. The van der Waals surface area contributed by atoms with Crippen molar-refractivity contribution in [3.05, 3.63) is 52.8 Å². The Morgan fingerprint density at radius 3 is 2.55 bits per heavy atom. The number of benzene rings is 1. The molecule has 0 fully saturated rings. The van der Waals surface area contributed by atoms with E-state index >= 15 is 0 Å². The lowest BCUT2D eigenvalue weighted by atomic mass is 10.1. The van der Waals surface area contributed by atoms with Gasteiger partial charge >= 0.3 is 0 Å². The summed E-state index contributed by atoms with van der Waals surface area (Å²) in [5, 5.41) is 0.766. The van der Waals surface area contributed by atoms with E-state index in [9.17, 15) is 0 Å². The standard InChI is InChI=1S/C16H19ClN2O/c1-3-11-9-12(5-7-14(11)17)20-13-6-8-16(19-10-13)15(18)4-2/h5-10,15H,3-4,18H2,1-2H3/t15-/m1/s1. The molecule has 4 heteroatoms. The zero-order chi connectivity index (χ0) is 14.5. The van der Waals surface area contributed by atoms with Gasteiger partial charge in [-0.1, -0.05) is 25.4 Å². The second kappa shape index (κ2) is 6.73. The molecule has 2 rings (SSSR count). The van der Waals surface area contributed by atoms with Crippen molar-refractivity contribution in [1.29, 1.82) is 0 Å². The molecule has 0 saturated heterocycles. The molecule has 106 valence electrons. The molecule has 0 saturated carbocycles. The molecule has 1 heterocycles. The Hall–Kier alpha value is -1.58. The van der Waals surface area contributed by atoms with Crippen LogP contribution in [0.1, 0.15) is 37.6 Å². The fourth-order valence-electron chi connectivity index (χ4n) is 1.90. The van der Waals surface area contributed by atoms with Gasteiger partial charge in [-0.05, 0) is 48.7 Å². The van der Waals surface area contributed by atoms with Crippen molar-refractivity contribution in [2.24, 2.45) is 5.73 Å². The molecule has 0 amide bonds. The summed E-state index contributed by atoms with van der Waals surface area (Å²) in [7, 11) is 0. The third kappa shape index (κ3) is 3.50. The monoisotopic (exact) mass is 290 g/mol. The van der Waals surface area contributed by atoms with Gasteiger partial charge in [0.1, 0.15) is 11.5 Å². The van der Waals surface area contributed by atoms with Crippen LogP contribution in [0.3, 0.4) is 0 Å². The van der Waals surface area contributed by atoms with E-state index in [0.29, 0.717) is 5.75 Å². The Bertz CT molecular complexity index is 569. The van der Waals surface area contributed by atoms with Gasteiger partial charge in [0.2, 0.25) is 0 Å². The van der Waals surface area contributed by atoms with E-state index in [-0.39, 0.29) is 6.04 Å². The van der Waals surface area contributed by atoms with Crippen LogP contribution in [-0.4, -0.2) is 4.98 Å². The molecule has 0 radical (unpaired) electrons. The van der Waals surface area contributed by atoms with Crippen LogP contribution in [0.15, 0.2) is 36.5 Å². The molecule has 2 aromatic rings. The fourth-order valence-corrected chi connectivity index (χ4v) is 2.15. The van der Waals surface area contributed by atoms with Gasteiger partial charge in [-0.3, -0.25) is 4.98 Å². The maximum atomic E-state index is 6.09. The lowest BCUT2D eigenvalue weighted by Crippen LogP contribution is -2.10. The van der Waals surface area contributed by atoms with Gasteiger partial charge in [0.05, 0.1) is 11.9 Å². The molecular weight excluding hydrogens is 272 g/mol. The molecule has 0 unspecified atom stereocenters. The maximum Gasteiger partial charge on any atom is 0.145 e. The normalized spacial score (nSPS) is 12.2. The lowest BCUT2D eigenvalue weighted by Gasteiger charge is -2.10. The quantitative estimate of drug-likeness (QED) is 0.882. The number of ether oxygens (including phenoxy) is 1. The van der Waals surface area contributed by atoms with E-state index in [0.717, 1.165) is 34.9 Å². The largest absolute Gasteiger partial charge is 0.456 e. The SMILES string of the molecule is CCc1cc(Oc2ccc([C@H](N)CC)nc2)ccc1Cl. The second-order valence-electron chi connectivity index (χ2n) is 4.64. The van der Waals surface area contributed by atoms with Gasteiger partial charge in [-0.25, -0.2) is 0 Å². The van der Waals surface area contributed by atoms with Crippen LogP contribution < -0.4 is 10.5 Å². The number of rotatable bonds is 5. The average Bonchev–Trinajstić information content (AvgIpc) is 2.49. The molecule has 1 aromatic carbocycles. The zero-order valence-electron chi connectivity index (χ0n) is 11.8. The van der Waals surface area contributed by atoms with E-state index in [2.05, 4.69) is 11.9 Å². The summed E-state index contributed by atoms with van der Waals surface area (Å²) in [6.07, 6.45) is 3.44. The number of pyridine rings is 1. The predicted octanol–water partition coefficient (Wildman–Crippen LogP) is 4.50. The van der Waals surface area contributed by atoms with Crippen LogP contribution in [0.25, 0.3) is 0 Å². The van der Waals surface area contributed by atoms with Crippen LogP contribution in [-0.2, 0) is 6.42 Å². The molecule has 1 atom stereocenters. The van der Waals surface area contributed by atoms with Crippen molar-refractivity contribution in [2.45, 2.75) is 32.7 Å². The molecule has 1 aromatic heterocycles. The highest BCUT2D eigenvalue weighted by atomic mass is 35.5. The number of hydrogen-bond acceptors (Lipinski definition) is 3. The van der Waals surface area contributed by atoms with Crippen LogP contribution in [0.2, 0.25) is 5.02 Å². The minimum absolute atomic E-state index is 0.0220. The molecule has 20 heavy (non-hydrogen) atoms. The van der Waals surface area contributed by atoms with E-state index in [1.165, 1.54) is 0 Å². The third-order valence-electron chi connectivity index (χ3n) is 3.21. The van der Waals surface area contributed by atoms with Gasteiger partial charge in [0, 0.05) is 11.1 Å². The van der Waals surface area contributed by atoms with E-state index in [1.54, 1.807) is 6.20 Å². The molecule has 2 N–H and O–H groups in total. The molecule has 0 aliphatic heterocycles. The van der Waals surface area contributed by atoms with Crippen molar-refractivity contribution < 1.29 is 4.74 Å². The summed E-state index contributed by atoms with van der Waals surface area (Å²) < 4.78 is 5.78. The van der Waals surface area contributed by atoms with E-state index in [1.807, 2.05) is 37.3 Å². The number of aryl methyl sites for hydroxylation is 1. The Balaban J connectivity index is 2.14. The minimum Gasteiger partial charge on any atom is -0.456 e. The second-order valence-corrected chi connectivity index (χ2v) is 5.05. The van der Waals surface area contributed by atoms with Crippen LogP contribution in [0.4, 0.5) is 0 Å². The Morgan fingerprint density at radius 2 is 1.95 bits per heavy atom. The van der Waals surface area contributed by atoms with Crippen molar-refractivity contribution in [1.82, 2.24) is 4.98 Å². The first-order valence-corrected chi connectivity index (χ1v) is 7.19. The number of nitrogens with zero attached hydrogens (tertiary/aromatic N) is 1. The van der Waals surface area contributed by atoms with Crippen LogP contribution >= 0.6 is 11.6 Å². The smallest absolute Gasteiger partial charge is 0.145 e. The first kappa shape index (κ1) is 14.8. The Morgan fingerprint density at radius 1 is 1.20 bits per heavy atom. The Kier molecular flexibility index (Phi) is 4.99. The number of nitrogens with two attached hydrogens (primary N) is 1. The van der Waals surface area contributed by atoms with Gasteiger partial charge in [0.25, 0.3) is 0 Å². The van der Waals surface area contributed by atoms with Crippen molar-refractivity contribution in [3.63, 3.8) is 0 Å². The molecule has 0 spiro atoms. The van der Waals surface area contributed by atoms with Crippen LogP contribution in [0, 0.1) is 0 Å². The predicted molar refractivity (Wildman–Crippen MR) is 82.4 cm³/mol. The van der Waals surface area contributed by atoms with E-state index < -0.39 is 0 Å². The van der Waals surface area contributed by atoms with Gasteiger partial charge in [-0.2, -0.15) is 0 Å². The topological polar surface area (TPSA) is 48.1 Å². The highest BCUT2D eigenvalue weighted by Gasteiger charge is 2.06. The highest BCUT2D eigenvalue weighted by molar-refractivity contribution is 6.31. The average molecular weight is 291 g/mol. The number of halogens is 1. The summed E-state index contributed by atoms with van der Waals surface area (Å²) in [5.41, 5.74) is 7.88. The molecular formula is C16H19ClN2O. The molecule has 3 nitrogen and oxygen atoms in total. The number of hydrogen-bond donors (Lipinski definition) is 1. The summed E-state index contributed by atoms with van der Waals surface area (Å²) in [5.74, 6) is 1.46. The zero-order valence-corrected chi connectivity index (χ0v) is 12.5. The summed E-state index contributed by atoms with van der Waals surface area (Å²) >= 11 is 6.09. The fraction of sp³-hybridized carbons (Fsp3) is 0.312. The van der Waals surface area contributed by atoms with Crippen molar-refractivity contribution >= 4 is 11.6 Å². The summed E-state index contributed by atoms with van der Waals surface area (Å²) in [6.45, 7) is 4.10. The van der Waals surface area contributed by atoms with Crippen molar-refractivity contribution in [3.8, 4) is 11.5 Å². The van der Waals surface area contributed by atoms with Gasteiger partial charge < -0.3 is 10.5 Å². The lowest BCUT2D eigenvalue weighted by molar-refractivity contribution is 0.478. The van der Waals surface area contributed by atoms with Gasteiger partial charge in [0.15, 0.2) is 0 Å². The maximum absolute atomic E-state index is 6.09. The van der Waals surface area contributed by atoms with E-state index in [4.69, 9.17) is 22.1 Å². The first-order chi connectivity index (χ1) is 9.63. The third-order valence-corrected chi connectivity index (χ3v) is 3.58. The number of aromatic nitrogens is 1. The molecule has 0 aliphatic carbocycles. The van der Waals surface area contributed by atoms with Crippen molar-refractivity contribution in [2.75, 3.05) is 0 Å². The molecule has 0 aliphatic rings. The van der Waals surface area contributed by atoms with Crippen LogP contribution in [0.5, 0.6) is 11.5 Å². The summed E-state index contributed by atoms with van der Waals surface area (Å²) in [6, 6.07) is 9.43. The first-order valence-electron chi connectivity index (χ1n) is 6.81. The summed E-state index contributed by atoms with van der Waals surface area (Å²) in [4.78, 5) is 4.33. The van der Waals surface area contributed by atoms with Gasteiger partial charge in [-0.15, -0.1) is 0 Å². The highest BCUT2D eigenvalue weighted by Crippen LogP contribution is 2.26.